The van der Waals surface area contributed by atoms with Gasteiger partial charge in [-0.2, -0.15) is 0 Å². The van der Waals surface area contributed by atoms with Crippen LogP contribution in [-0.2, 0) is 4.79 Å². The van der Waals surface area contributed by atoms with Gasteiger partial charge in [0.2, 0.25) is 5.91 Å². The van der Waals surface area contributed by atoms with E-state index in [4.69, 9.17) is 4.74 Å². The molecular formula is C22H26FN3O2. The Morgan fingerprint density at radius 1 is 1.14 bits per heavy atom. The highest BCUT2D eigenvalue weighted by Crippen LogP contribution is 2.34. The number of benzene rings is 2. The van der Waals surface area contributed by atoms with Crippen LogP contribution in [0.3, 0.4) is 0 Å². The topological polar surface area (TPSA) is 44.8 Å². The quantitative estimate of drug-likeness (QED) is 0.882. The van der Waals surface area contributed by atoms with Crippen molar-refractivity contribution >= 4 is 17.3 Å². The number of hydrogen-bond acceptors (Lipinski definition) is 4. The van der Waals surface area contributed by atoms with Gasteiger partial charge in [-0.1, -0.05) is 25.1 Å². The molecule has 2 unspecified atom stereocenters. The first-order chi connectivity index (χ1) is 13.6. The predicted octanol–water partition coefficient (Wildman–Crippen LogP) is 3.47. The van der Waals surface area contributed by atoms with Crippen molar-refractivity contribution in [3.05, 3.63) is 53.8 Å². The number of hydrogen-bond donors (Lipinski definition) is 1. The van der Waals surface area contributed by atoms with Crippen molar-refractivity contribution in [3.8, 4) is 5.75 Å². The maximum Gasteiger partial charge on any atom is 0.245 e. The zero-order valence-corrected chi connectivity index (χ0v) is 16.3. The Morgan fingerprint density at radius 3 is 2.64 bits per heavy atom. The smallest absolute Gasteiger partial charge is 0.245 e. The van der Waals surface area contributed by atoms with E-state index in [2.05, 4.69) is 23.2 Å². The van der Waals surface area contributed by atoms with Crippen molar-refractivity contribution < 1.29 is 13.9 Å². The third-order valence-corrected chi connectivity index (χ3v) is 5.78. The van der Waals surface area contributed by atoms with Gasteiger partial charge in [0.05, 0.1) is 12.8 Å². The van der Waals surface area contributed by atoms with E-state index in [0.717, 1.165) is 17.8 Å². The van der Waals surface area contributed by atoms with Crippen LogP contribution >= 0.6 is 0 Å². The number of nitrogens with zero attached hydrogens (tertiary/aromatic N) is 2. The lowest BCUT2D eigenvalue weighted by Gasteiger charge is -2.39. The fraction of sp³-hybridized carbons (Fsp3) is 0.409. The minimum Gasteiger partial charge on any atom is -0.494 e. The fourth-order valence-electron chi connectivity index (χ4n) is 4.25. The SMILES string of the molecule is COc1cc(F)ccc1N1CCN(C(=O)C2CC(C)c3ccccc3N2)CC1. The number of fused-ring (bicyclic) bond motifs is 1. The van der Waals surface area contributed by atoms with Crippen LogP contribution in [0.5, 0.6) is 5.75 Å². The van der Waals surface area contributed by atoms with Crippen molar-refractivity contribution in [1.82, 2.24) is 4.90 Å². The first-order valence-corrected chi connectivity index (χ1v) is 9.79. The van der Waals surface area contributed by atoms with Crippen LogP contribution in [0.4, 0.5) is 15.8 Å². The van der Waals surface area contributed by atoms with Crippen molar-refractivity contribution in [2.45, 2.75) is 25.3 Å². The second kappa shape index (κ2) is 7.70. The number of methoxy groups -OCH3 is 1. The third kappa shape index (κ3) is 3.51. The molecule has 0 radical (unpaired) electrons. The summed E-state index contributed by atoms with van der Waals surface area (Å²) in [6, 6.07) is 12.6. The number of para-hydroxylation sites is 1. The first kappa shape index (κ1) is 18.6. The van der Waals surface area contributed by atoms with Crippen LogP contribution < -0.4 is 15.0 Å². The van der Waals surface area contributed by atoms with Gasteiger partial charge in [-0.3, -0.25) is 4.79 Å². The van der Waals surface area contributed by atoms with Gasteiger partial charge in [-0.15, -0.1) is 0 Å². The van der Waals surface area contributed by atoms with Gasteiger partial charge in [-0.05, 0) is 36.1 Å². The van der Waals surface area contributed by atoms with E-state index in [9.17, 15) is 9.18 Å². The molecule has 2 aliphatic rings. The highest BCUT2D eigenvalue weighted by molar-refractivity contribution is 5.86. The van der Waals surface area contributed by atoms with Gasteiger partial charge in [-0.25, -0.2) is 4.39 Å². The van der Waals surface area contributed by atoms with E-state index in [0.29, 0.717) is 37.8 Å². The predicted molar refractivity (Wildman–Crippen MR) is 109 cm³/mol. The number of anilines is 2. The monoisotopic (exact) mass is 383 g/mol. The van der Waals surface area contributed by atoms with E-state index >= 15 is 0 Å². The van der Waals surface area contributed by atoms with E-state index < -0.39 is 0 Å². The molecule has 28 heavy (non-hydrogen) atoms. The molecule has 0 spiro atoms. The number of amides is 1. The van der Waals surface area contributed by atoms with E-state index in [1.807, 2.05) is 23.1 Å². The van der Waals surface area contributed by atoms with Gasteiger partial charge in [0.25, 0.3) is 0 Å². The van der Waals surface area contributed by atoms with Crippen molar-refractivity contribution in [3.63, 3.8) is 0 Å². The molecule has 0 aromatic heterocycles. The van der Waals surface area contributed by atoms with Crippen molar-refractivity contribution in [2.75, 3.05) is 43.5 Å². The molecule has 2 heterocycles. The number of piperazine rings is 1. The van der Waals surface area contributed by atoms with Gasteiger partial charge >= 0.3 is 0 Å². The average Bonchev–Trinajstić information content (AvgIpc) is 2.73. The van der Waals surface area contributed by atoms with E-state index in [1.165, 1.54) is 17.7 Å². The van der Waals surface area contributed by atoms with Gasteiger partial charge in [0, 0.05) is 37.9 Å². The Morgan fingerprint density at radius 2 is 1.89 bits per heavy atom. The molecule has 2 aromatic rings. The second-order valence-electron chi connectivity index (χ2n) is 7.55. The Hall–Kier alpha value is -2.76. The van der Waals surface area contributed by atoms with Crippen molar-refractivity contribution in [2.24, 2.45) is 0 Å². The Labute approximate surface area is 165 Å². The summed E-state index contributed by atoms with van der Waals surface area (Å²) in [7, 11) is 1.55. The molecule has 2 aromatic carbocycles. The third-order valence-electron chi connectivity index (χ3n) is 5.78. The summed E-state index contributed by atoms with van der Waals surface area (Å²) in [6.07, 6.45) is 0.807. The largest absolute Gasteiger partial charge is 0.494 e. The molecule has 0 aliphatic carbocycles. The molecular weight excluding hydrogens is 357 g/mol. The highest BCUT2D eigenvalue weighted by atomic mass is 19.1. The summed E-state index contributed by atoms with van der Waals surface area (Å²) in [5.41, 5.74) is 3.21. The number of ether oxygens (including phenoxy) is 1. The maximum absolute atomic E-state index is 13.5. The van der Waals surface area contributed by atoms with Crippen LogP contribution in [0, 0.1) is 5.82 Å². The van der Waals surface area contributed by atoms with E-state index in [1.54, 1.807) is 13.2 Å². The Kier molecular flexibility index (Phi) is 5.11. The number of rotatable bonds is 3. The normalized spacial score (nSPS) is 21.7. The van der Waals surface area contributed by atoms with Gasteiger partial charge in [0.1, 0.15) is 17.6 Å². The standard InChI is InChI=1S/C22H26FN3O2/c1-15-13-19(24-18-6-4-3-5-17(15)18)22(27)26-11-9-25(10-12-26)20-8-7-16(23)14-21(20)28-2/h3-8,14-15,19,24H,9-13H2,1-2H3. The molecule has 0 bridgehead atoms. The zero-order valence-electron chi connectivity index (χ0n) is 16.3. The molecule has 2 aliphatic heterocycles. The highest BCUT2D eigenvalue weighted by Gasteiger charge is 2.32. The van der Waals surface area contributed by atoms with Crippen LogP contribution in [0.1, 0.15) is 24.8 Å². The second-order valence-corrected chi connectivity index (χ2v) is 7.55. The summed E-state index contributed by atoms with van der Waals surface area (Å²) >= 11 is 0. The molecule has 5 nitrogen and oxygen atoms in total. The molecule has 1 saturated heterocycles. The van der Waals surface area contributed by atoms with Gasteiger partial charge < -0.3 is 19.9 Å². The van der Waals surface area contributed by atoms with Gasteiger partial charge in [0.15, 0.2) is 0 Å². The lowest BCUT2D eigenvalue weighted by molar-refractivity contribution is -0.132. The minimum absolute atomic E-state index is 0.159. The molecule has 148 valence electrons. The Balaban J connectivity index is 1.41. The average molecular weight is 383 g/mol. The lowest BCUT2D eigenvalue weighted by Crippen LogP contribution is -2.53. The van der Waals surface area contributed by atoms with Crippen LogP contribution in [0.2, 0.25) is 0 Å². The Bertz CT molecular complexity index is 865. The molecule has 1 amide bonds. The zero-order chi connectivity index (χ0) is 19.7. The number of halogens is 1. The molecule has 2 atom stereocenters. The molecule has 1 fully saturated rings. The maximum atomic E-state index is 13.5. The number of nitrogens with one attached hydrogen (secondary N) is 1. The summed E-state index contributed by atoms with van der Waals surface area (Å²) in [5.74, 6) is 0.731. The molecule has 6 heteroatoms. The summed E-state index contributed by atoms with van der Waals surface area (Å²) in [5, 5.41) is 3.43. The number of carbonyl (C=O) groups excluding carboxylic acids is 1. The fourth-order valence-corrected chi connectivity index (χ4v) is 4.25. The van der Waals surface area contributed by atoms with Crippen LogP contribution in [0.15, 0.2) is 42.5 Å². The summed E-state index contributed by atoms with van der Waals surface area (Å²) in [4.78, 5) is 17.2. The number of carbonyl (C=O) groups is 1. The summed E-state index contributed by atoms with van der Waals surface area (Å²) < 4.78 is 18.8. The molecule has 1 N–H and O–H groups in total. The van der Waals surface area contributed by atoms with Crippen LogP contribution in [-0.4, -0.2) is 50.1 Å². The first-order valence-electron chi connectivity index (χ1n) is 9.79. The minimum atomic E-state index is -0.313. The molecule has 4 rings (SSSR count). The van der Waals surface area contributed by atoms with Crippen LogP contribution in [0.25, 0.3) is 0 Å². The summed E-state index contributed by atoms with van der Waals surface area (Å²) in [6.45, 7) is 4.87. The molecule has 0 saturated carbocycles. The van der Waals surface area contributed by atoms with E-state index in [-0.39, 0.29) is 17.8 Å². The lowest BCUT2D eigenvalue weighted by atomic mass is 9.88. The van der Waals surface area contributed by atoms with Crippen molar-refractivity contribution in [1.29, 1.82) is 0 Å².